The molecular weight excluding hydrogens is 514 g/mol. The molecule has 0 radical (unpaired) electrons. The molecule has 0 bridgehead atoms. The van der Waals surface area contributed by atoms with Gasteiger partial charge >= 0.3 is 5.97 Å². The number of esters is 1. The van der Waals surface area contributed by atoms with E-state index in [0.717, 1.165) is 20.5 Å². The predicted octanol–water partition coefficient (Wildman–Crippen LogP) is 5.11. The van der Waals surface area contributed by atoms with Crippen molar-refractivity contribution in [2.24, 2.45) is 0 Å². The molecule has 0 fully saturated rings. The molecule has 0 spiro atoms. The molecule has 166 valence electrons. The molecule has 1 N–H and O–H groups in total. The van der Waals surface area contributed by atoms with Crippen LogP contribution in [0, 0.1) is 6.92 Å². The molecule has 9 heteroatoms. The largest absolute Gasteiger partial charge is 0.452 e. The molecule has 0 aliphatic rings. The van der Waals surface area contributed by atoms with Crippen molar-refractivity contribution < 1.29 is 22.7 Å². The van der Waals surface area contributed by atoms with Crippen molar-refractivity contribution >= 4 is 55.1 Å². The van der Waals surface area contributed by atoms with Crippen LogP contribution in [0.2, 0.25) is 0 Å². The fourth-order valence-electron chi connectivity index (χ4n) is 2.70. The minimum absolute atomic E-state index is 0.0144. The number of carbonyl (C=O) groups excluding carboxylic acids is 2. The summed E-state index contributed by atoms with van der Waals surface area (Å²) in [6.07, 6.45) is 1.06. The topological polar surface area (TPSA) is 89.5 Å². The van der Waals surface area contributed by atoms with E-state index >= 15 is 0 Å². The first-order valence-corrected chi connectivity index (χ1v) is 12.9. The van der Waals surface area contributed by atoms with Crippen LogP contribution >= 0.6 is 27.7 Å². The van der Waals surface area contributed by atoms with E-state index in [1.807, 2.05) is 36.4 Å². The van der Waals surface area contributed by atoms with E-state index in [1.54, 1.807) is 30.8 Å². The maximum absolute atomic E-state index is 12.3. The Hall–Kier alpha value is -2.62. The highest BCUT2D eigenvalue weighted by atomic mass is 79.9. The third-order valence-corrected chi connectivity index (χ3v) is 7.03. The van der Waals surface area contributed by atoms with Gasteiger partial charge in [0.15, 0.2) is 16.4 Å². The quantitative estimate of drug-likeness (QED) is 0.424. The number of amides is 1. The number of ether oxygens (including phenoxy) is 1. The second kappa shape index (κ2) is 10.3. The molecule has 3 aromatic rings. The van der Waals surface area contributed by atoms with Gasteiger partial charge in [0, 0.05) is 26.2 Å². The van der Waals surface area contributed by atoms with Crippen molar-refractivity contribution in [2.75, 3.05) is 18.2 Å². The van der Waals surface area contributed by atoms with Gasteiger partial charge in [0.05, 0.1) is 10.5 Å². The van der Waals surface area contributed by atoms with E-state index in [4.69, 9.17) is 4.74 Å². The number of nitrogens with one attached hydrogen (secondary N) is 1. The first-order valence-electron chi connectivity index (χ1n) is 9.43. The van der Waals surface area contributed by atoms with Gasteiger partial charge in [0.25, 0.3) is 5.91 Å². The highest BCUT2D eigenvalue weighted by Crippen LogP contribution is 2.29. The first kappa shape index (κ1) is 24.0. The Bertz CT molecular complexity index is 1240. The molecule has 0 saturated heterocycles. The van der Waals surface area contributed by atoms with Crippen molar-refractivity contribution in [3.8, 4) is 0 Å². The lowest BCUT2D eigenvalue weighted by Crippen LogP contribution is -2.21. The van der Waals surface area contributed by atoms with Gasteiger partial charge in [-0.25, -0.2) is 13.2 Å². The highest BCUT2D eigenvalue weighted by molar-refractivity contribution is 9.10. The molecule has 0 aliphatic heterocycles. The van der Waals surface area contributed by atoms with Gasteiger partial charge in [-0.05, 0) is 73.2 Å². The minimum atomic E-state index is -3.46. The summed E-state index contributed by atoms with van der Waals surface area (Å²) in [4.78, 5) is 26.6. The maximum atomic E-state index is 12.3. The summed E-state index contributed by atoms with van der Waals surface area (Å²) >= 11 is 5.00. The predicted molar refractivity (Wildman–Crippen MR) is 128 cm³/mol. The lowest BCUT2D eigenvalue weighted by atomic mass is 10.1. The Morgan fingerprint density at radius 3 is 2.16 bits per heavy atom. The fourth-order valence-corrected chi connectivity index (χ4v) is 4.43. The van der Waals surface area contributed by atoms with E-state index in [1.165, 1.54) is 18.2 Å². The van der Waals surface area contributed by atoms with Gasteiger partial charge in [-0.3, -0.25) is 4.79 Å². The van der Waals surface area contributed by atoms with E-state index in [-0.39, 0.29) is 10.5 Å². The average molecular weight is 534 g/mol. The number of hydrogen-bond donors (Lipinski definition) is 1. The zero-order valence-electron chi connectivity index (χ0n) is 17.3. The number of aryl methyl sites for hydroxylation is 1. The number of hydrogen-bond acceptors (Lipinski definition) is 6. The Morgan fingerprint density at radius 2 is 1.56 bits per heavy atom. The Labute approximate surface area is 199 Å². The van der Waals surface area contributed by atoms with Crippen LogP contribution in [0.25, 0.3) is 0 Å². The Balaban J connectivity index is 1.56. The number of rotatable bonds is 7. The summed E-state index contributed by atoms with van der Waals surface area (Å²) in [5.41, 5.74) is 1.23. The highest BCUT2D eigenvalue weighted by Gasteiger charge is 2.17. The van der Waals surface area contributed by atoms with Crippen LogP contribution in [0.1, 0.15) is 15.9 Å². The monoisotopic (exact) mass is 533 g/mol. The number of sulfone groups is 1. The van der Waals surface area contributed by atoms with Gasteiger partial charge in [0.1, 0.15) is 0 Å². The average Bonchev–Trinajstić information content (AvgIpc) is 2.74. The summed E-state index contributed by atoms with van der Waals surface area (Å²) in [5, 5.41) is 2.67. The zero-order valence-corrected chi connectivity index (χ0v) is 20.5. The normalized spacial score (nSPS) is 11.1. The van der Waals surface area contributed by atoms with Crippen molar-refractivity contribution in [3.63, 3.8) is 0 Å². The number of anilines is 1. The molecule has 32 heavy (non-hydrogen) atoms. The van der Waals surface area contributed by atoms with Gasteiger partial charge in [-0.2, -0.15) is 0 Å². The van der Waals surface area contributed by atoms with Gasteiger partial charge < -0.3 is 10.1 Å². The summed E-state index contributed by atoms with van der Waals surface area (Å²) in [7, 11) is -3.46. The second-order valence-corrected chi connectivity index (χ2v) is 11.0. The molecule has 0 unspecified atom stereocenters. The smallest absolute Gasteiger partial charge is 0.338 e. The minimum Gasteiger partial charge on any atom is -0.452 e. The van der Waals surface area contributed by atoms with Crippen molar-refractivity contribution in [1.29, 1.82) is 0 Å². The molecule has 1 amide bonds. The fraction of sp³-hybridized carbons (Fsp3) is 0.130. The molecule has 0 atom stereocenters. The van der Waals surface area contributed by atoms with Crippen LogP contribution in [-0.4, -0.2) is 33.2 Å². The van der Waals surface area contributed by atoms with Crippen LogP contribution < -0.4 is 5.32 Å². The Kier molecular flexibility index (Phi) is 7.76. The molecule has 3 rings (SSSR count). The SMILES string of the molecule is Cc1ccc(S(C)(=O)=O)cc1C(=O)OCC(=O)Nc1ccc(Sc2ccc(Br)cc2)cc1. The van der Waals surface area contributed by atoms with Crippen molar-refractivity contribution in [3.05, 3.63) is 82.3 Å². The molecule has 0 aliphatic carbocycles. The van der Waals surface area contributed by atoms with E-state index in [9.17, 15) is 18.0 Å². The number of halogens is 1. The van der Waals surface area contributed by atoms with Gasteiger partial charge in [0.2, 0.25) is 0 Å². The Morgan fingerprint density at radius 1 is 0.969 bits per heavy atom. The van der Waals surface area contributed by atoms with Crippen LogP contribution in [0.5, 0.6) is 0 Å². The third kappa shape index (κ3) is 6.69. The van der Waals surface area contributed by atoms with Gasteiger partial charge in [-0.1, -0.05) is 33.8 Å². The van der Waals surface area contributed by atoms with Gasteiger partial charge in [-0.15, -0.1) is 0 Å². The summed E-state index contributed by atoms with van der Waals surface area (Å²) < 4.78 is 29.5. The van der Waals surface area contributed by atoms with E-state index < -0.39 is 28.3 Å². The number of carbonyl (C=O) groups is 2. The number of benzene rings is 3. The van der Waals surface area contributed by atoms with Crippen molar-refractivity contribution in [2.45, 2.75) is 21.6 Å². The molecule has 0 aromatic heterocycles. The lowest BCUT2D eigenvalue weighted by Gasteiger charge is -2.10. The van der Waals surface area contributed by atoms with Crippen LogP contribution in [0.3, 0.4) is 0 Å². The lowest BCUT2D eigenvalue weighted by molar-refractivity contribution is -0.119. The molecule has 0 heterocycles. The summed E-state index contributed by atoms with van der Waals surface area (Å²) in [5.74, 6) is -1.26. The summed E-state index contributed by atoms with van der Waals surface area (Å²) in [6, 6.07) is 19.5. The summed E-state index contributed by atoms with van der Waals surface area (Å²) in [6.45, 7) is 1.17. The third-order valence-electron chi connectivity index (χ3n) is 4.38. The molecule has 3 aromatic carbocycles. The standard InChI is InChI=1S/C23H20BrNO5S2/c1-15-3-12-20(32(2,28)29)13-21(15)23(27)30-14-22(26)25-17-6-10-19(11-7-17)31-18-8-4-16(24)5-9-18/h3-13H,14H2,1-2H3,(H,25,26). The van der Waals surface area contributed by atoms with E-state index in [2.05, 4.69) is 21.2 Å². The van der Waals surface area contributed by atoms with Crippen LogP contribution in [-0.2, 0) is 19.4 Å². The zero-order chi connectivity index (χ0) is 23.3. The molecule has 6 nitrogen and oxygen atoms in total. The molecule has 0 saturated carbocycles. The van der Waals surface area contributed by atoms with Crippen LogP contribution in [0.4, 0.5) is 5.69 Å². The van der Waals surface area contributed by atoms with Crippen molar-refractivity contribution in [1.82, 2.24) is 0 Å². The molecular formula is C23H20BrNO5S2. The second-order valence-electron chi connectivity index (χ2n) is 6.95. The maximum Gasteiger partial charge on any atom is 0.338 e. The van der Waals surface area contributed by atoms with Crippen LogP contribution in [0.15, 0.2) is 85.9 Å². The first-order chi connectivity index (χ1) is 15.1. The van der Waals surface area contributed by atoms with E-state index in [0.29, 0.717) is 11.3 Å².